The summed E-state index contributed by atoms with van der Waals surface area (Å²) in [7, 11) is 1.65. The maximum atomic E-state index is 12.3. The van der Waals surface area contributed by atoms with Crippen LogP contribution in [0.4, 0.5) is 0 Å². The van der Waals surface area contributed by atoms with Gasteiger partial charge in [-0.25, -0.2) is 4.98 Å². The van der Waals surface area contributed by atoms with Crippen molar-refractivity contribution in [2.75, 3.05) is 26.8 Å². The van der Waals surface area contributed by atoms with Crippen LogP contribution in [0.2, 0.25) is 0 Å². The maximum absolute atomic E-state index is 12.3. The molecular formula is C12H20N4O2. The van der Waals surface area contributed by atoms with E-state index in [9.17, 15) is 4.79 Å². The molecule has 0 bridgehead atoms. The number of nitrogens with one attached hydrogen (secondary N) is 2. The van der Waals surface area contributed by atoms with Crippen molar-refractivity contribution in [1.29, 1.82) is 0 Å². The molecule has 0 saturated heterocycles. The second-order valence-electron chi connectivity index (χ2n) is 4.38. The summed E-state index contributed by atoms with van der Waals surface area (Å²) in [6, 6.07) is -0.169. The summed E-state index contributed by atoms with van der Waals surface area (Å²) in [5.41, 5.74) is 2.08. The largest absolute Gasteiger partial charge is 0.383 e. The van der Waals surface area contributed by atoms with Crippen LogP contribution in [0, 0.1) is 0 Å². The van der Waals surface area contributed by atoms with Crippen molar-refractivity contribution in [1.82, 2.24) is 20.2 Å². The van der Waals surface area contributed by atoms with Crippen molar-refractivity contribution in [2.24, 2.45) is 0 Å². The molecule has 1 unspecified atom stereocenters. The molecule has 0 fully saturated rings. The molecule has 2 N–H and O–H groups in total. The monoisotopic (exact) mass is 252 g/mol. The number of aromatic nitrogens is 2. The Hall–Kier alpha value is -1.40. The number of carbonyl (C=O) groups is 1. The number of ether oxygens (including phenoxy) is 1. The highest BCUT2D eigenvalue weighted by atomic mass is 16.5. The molecule has 6 heteroatoms. The van der Waals surface area contributed by atoms with Crippen LogP contribution in [0.25, 0.3) is 0 Å². The molecule has 0 aromatic carbocycles. The van der Waals surface area contributed by atoms with Crippen molar-refractivity contribution in [3.05, 3.63) is 17.7 Å². The topological polar surface area (TPSA) is 70.2 Å². The lowest BCUT2D eigenvalue weighted by Gasteiger charge is -2.28. The van der Waals surface area contributed by atoms with Gasteiger partial charge in [0, 0.05) is 33.2 Å². The predicted octanol–water partition coefficient (Wildman–Crippen LogP) is -0.0811. The van der Waals surface area contributed by atoms with E-state index in [0.29, 0.717) is 32.7 Å². The quantitative estimate of drug-likeness (QED) is 0.769. The van der Waals surface area contributed by atoms with Gasteiger partial charge >= 0.3 is 0 Å². The first kappa shape index (κ1) is 13.0. The lowest BCUT2D eigenvalue weighted by molar-refractivity contribution is -0.134. The number of carbonyl (C=O) groups excluding carboxylic acids is 1. The first-order valence-corrected chi connectivity index (χ1v) is 6.28. The summed E-state index contributed by atoms with van der Waals surface area (Å²) in [5.74, 6) is 0.128. The molecule has 0 saturated carbocycles. The molecule has 100 valence electrons. The van der Waals surface area contributed by atoms with E-state index >= 15 is 0 Å². The molecule has 6 nitrogen and oxygen atoms in total. The van der Waals surface area contributed by atoms with Crippen molar-refractivity contribution < 1.29 is 9.53 Å². The van der Waals surface area contributed by atoms with Crippen LogP contribution in [-0.4, -0.2) is 53.6 Å². The molecule has 1 aliphatic heterocycles. The fourth-order valence-corrected chi connectivity index (χ4v) is 2.19. The minimum Gasteiger partial charge on any atom is -0.383 e. The molecule has 2 heterocycles. The summed E-state index contributed by atoms with van der Waals surface area (Å²) in [6.45, 7) is 4.56. The fraction of sp³-hybridized carbons (Fsp3) is 0.667. The average Bonchev–Trinajstić information content (AvgIpc) is 2.86. The third kappa shape index (κ3) is 2.70. The number of likely N-dealkylation sites (N-methyl/N-ethyl adjacent to an activating group) is 1. The first-order valence-electron chi connectivity index (χ1n) is 6.28. The van der Waals surface area contributed by atoms with Gasteiger partial charge in [0.15, 0.2) is 0 Å². The highest BCUT2D eigenvalue weighted by Gasteiger charge is 2.28. The zero-order valence-electron chi connectivity index (χ0n) is 10.9. The van der Waals surface area contributed by atoms with Crippen LogP contribution in [0.3, 0.4) is 0 Å². The van der Waals surface area contributed by atoms with Gasteiger partial charge in [0.05, 0.1) is 30.4 Å². The number of aromatic amines is 1. The van der Waals surface area contributed by atoms with E-state index in [1.807, 2.05) is 11.8 Å². The van der Waals surface area contributed by atoms with Crippen LogP contribution < -0.4 is 5.32 Å². The van der Waals surface area contributed by atoms with Gasteiger partial charge in [-0.2, -0.15) is 0 Å². The molecule has 2 rings (SSSR count). The summed E-state index contributed by atoms with van der Waals surface area (Å²) in [5, 5.41) is 3.25. The Kier molecular flexibility index (Phi) is 4.33. The highest BCUT2D eigenvalue weighted by Crippen LogP contribution is 2.13. The van der Waals surface area contributed by atoms with Crippen molar-refractivity contribution in [2.45, 2.75) is 25.9 Å². The minimum atomic E-state index is -0.169. The maximum Gasteiger partial charge on any atom is 0.240 e. The number of rotatable bonds is 5. The van der Waals surface area contributed by atoms with E-state index in [4.69, 9.17) is 4.74 Å². The van der Waals surface area contributed by atoms with Crippen molar-refractivity contribution in [3.63, 3.8) is 0 Å². The van der Waals surface area contributed by atoms with E-state index in [-0.39, 0.29) is 11.9 Å². The Morgan fingerprint density at radius 2 is 2.50 bits per heavy atom. The van der Waals surface area contributed by atoms with Gasteiger partial charge in [-0.3, -0.25) is 10.1 Å². The molecule has 1 aliphatic rings. The second kappa shape index (κ2) is 5.97. The summed E-state index contributed by atoms with van der Waals surface area (Å²) in [6.07, 6.45) is 2.34. The van der Waals surface area contributed by atoms with Gasteiger partial charge < -0.3 is 14.6 Å². The third-order valence-corrected chi connectivity index (χ3v) is 3.29. The van der Waals surface area contributed by atoms with Crippen molar-refractivity contribution >= 4 is 5.91 Å². The van der Waals surface area contributed by atoms with Crippen LogP contribution in [0.1, 0.15) is 18.3 Å². The molecule has 0 spiro atoms. The van der Waals surface area contributed by atoms with E-state index in [1.165, 1.54) is 0 Å². The number of nitrogens with zero attached hydrogens (tertiary/aromatic N) is 2. The molecule has 0 radical (unpaired) electrons. The van der Waals surface area contributed by atoms with Crippen LogP contribution in [0.5, 0.6) is 0 Å². The molecule has 1 atom stereocenters. The molecule has 1 amide bonds. The highest BCUT2D eigenvalue weighted by molar-refractivity contribution is 5.82. The molecule has 0 aliphatic carbocycles. The van der Waals surface area contributed by atoms with Gasteiger partial charge in [0.25, 0.3) is 0 Å². The number of H-pyrrole nitrogens is 1. The van der Waals surface area contributed by atoms with Crippen LogP contribution in [0.15, 0.2) is 6.33 Å². The second-order valence-corrected chi connectivity index (χ2v) is 4.38. The van der Waals surface area contributed by atoms with Gasteiger partial charge in [-0.05, 0) is 6.92 Å². The van der Waals surface area contributed by atoms with E-state index in [1.54, 1.807) is 13.4 Å². The molecule has 18 heavy (non-hydrogen) atoms. The fourth-order valence-electron chi connectivity index (χ4n) is 2.19. The molecule has 1 aromatic heterocycles. The smallest absolute Gasteiger partial charge is 0.240 e. The Labute approximate surface area is 107 Å². The molecule has 1 aromatic rings. The van der Waals surface area contributed by atoms with Gasteiger partial charge in [0.1, 0.15) is 0 Å². The van der Waals surface area contributed by atoms with E-state index in [2.05, 4.69) is 15.3 Å². The number of hydrogen-bond acceptors (Lipinski definition) is 4. The van der Waals surface area contributed by atoms with Gasteiger partial charge in [-0.1, -0.05) is 0 Å². The Balaban J connectivity index is 1.97. The minimum absolute atomic E-state index is 0.128. The predicted molar refractivity (Wildman–Crippen MR) is 67.0 cm³/mol. The lowest BCUT2D eigenvalue weighted by Crippen LogP contribution is -2.50. The lowest BCUT2D eigenvalue weighted by atomic mass is 10.0. The van der Waals surface area contributed by atoms with Crippen LogP contribution in [-0.2, 0) is 22.5 Å². The zero-order chi connectivity index (χ0) is 13.0. The zero-order valence-corrected chi connectivity index (χ0v) is 10.9. The Bertz CT molecular complexity index is 405. The normalized spacial score (nSPS) is 18.4. The number of hydrogen-bond donors (Lipinski definition) is 2. The Morgan fingerprint density at radius 3 is 3.22 bits per heavy atom. The van der Waals surface area contributed by atoms with Crippen molar-refractivity contribution in [3.8, 4) is 0 Å². The number of methoxy groups -OCH3 is 1. The third-order valence-electron chi connectivity index (χ3n) is 3.29. The van der Waals surface area contributed by atoms with Gasteiger partial charge in [0.2, 0.25) is 5.91 Å². The van der Waals surface area contributed by atoms with Crippen LogP contribution >= 0.6 is 0 Å². The van der Waals surface area contributed by atoms with Gasteiger partial charge in [-0.15, -0.1) is 0 Å². The number of fused-ring (bicyclic) bond motifs is 1. The average molecular weight is 252 g/mol. The summed E-state index contributed by atoms with van der Waals surface area (Å²) >= 11 is 0. The summed E-state index contributed by atoms with van der Waals surface area (Å²) < 4.78 is 5.02. The first-order chi connectivity index (χ1) is 8.76. The summed E-state index contributed by atoms with van der Waals surface area (Å²) in [4.78, 5) is 21.5. The Morgan fingerprint density at radius 1 is 1.67 bits per heavy atom. The van der Waals surface area contributed by atoms with E-state index in [0.717, 1.165) is 11.4 Å². The SMILES string of the molecule is CCN(CCOC)C(=O)C1Cc2nc[nH]c2CN1. The number of imidazole rings is 1. The standard InChI is InChI=1S/C12H20N4O2/c1-3-16(4-5-18-2)12(17)10-6-9-11(7-13-10)15-8-14-9/h8,10,13H,3-7H2,1-2H3,(H,14,15). The van der Waals surface area contributed by atoms with E-state index < -0.39 is 0 Å². The number of amides is 1. The molecular weight excluding hydrogens is 232 g/mol.